The van der Waals surface area contributed by atoms with E-state index in [1.165, 1.54) is 12.1 Å². The number of hydrogen-bond acceptors (Lipinski definition) is 5. The number of nitrogens with zero attached hydrogens (tertiary/aromatic N) is 3. The molecule has 2 fully saturated rings. The summed E-state index contributed by atoms with van der Waals surface area (Å²) >= 11 is 0. The molecule has 0 radical (unpaired) electrons. The normalized spacial score (nSPS) is 17.9. The van der Waals surface area contributed by atoms with Gasteiger partial charge in [0.05, 0.1) is 17.4 Å². The molecule has 2 aliphatic rings. The molecule has 4 rings (SSSR count). The first-order chi connectivity index (χ1) is 13.5. The summed E-state index contributed by atoms with van der Waals surface area (Å²) in [4.78, 5) is 27.8. The molecule has 1 aliphatic heterocycles. The number of methoxy groups -OCH3 is 1. The minimum absolute atomic E-state index is 0.0557. The third-order valence-corrected chi connectivity index (χ3v) is 5.79. The van der Waals surface area contributed by atoms with Crippen molar-refractivity contribution < 1.29 is 14.5 Å². The number of carbonyl (C=O) groups is 1. The number of amides is 1. The van der Waals surface area contributed by atoms with E-state index in [-0.39, 0.29) is 11.6 Å². The maximum absolute atomic E-state index is 13.2. The quantitative estimate of drug-likeness (QED) is 0.588. The number of piperazine rings is 1. The van der Waals surface area contributed by atoms with Gasteiger partial charge >= 0.3 is 0 Å². The highest BCUT2D eigenvalue weighted by molar-refractivity contribution is 5.91. The fourth-order valence-corrected chi connectivity index (χ4v) is 3.92. The maximum Gasteiger partial charge on any atom is 0.269 e. The van der Waals surface area contributed by atoms with E-state index in [2.05, 4.69) is 4.90 Å². The fraction of sp³-hybridized carbons (Fsp3) is 0.381. The molecule has 28 heavy (non-hydrogen) atoms. The van der Waals surface area contributed by atoms with Gasteiger partial charge in [0.1, 0.15) is 5.75 Å². The molecule has 1 amide bonds. The van der Waals surface area contributed by atoms with Crippen LogP contribution >= 0.6 is 0 Å². The molecule has 0 unspecified atom stereocenters. The Balaban J connectivity index is 1.41. The minimum atomic E-state index is -0.489. The largest absolute Gasteiger partial charge is 0.497 e. The Hall–Kier alpha value is -3.09. The van der Waals surface area contributed by atoms with E-state index in [1.807, 2.05) is 29.2 Å². The lowest BCUT2D eigenvalue weighted by Crippen LogP contribution is -2.51. The van der Waals surface area contributed by atoms with Gasteiger partial charge in [-0.2, -0.15) is 0 Å². The van der Waals surface area contributed by atoms with Gasteiger partial charge in [-0.25, -0.2) is 0 Å². The highest BCUT2D eigenvalue weighted by atomic mass is 16.6. The third kappa shape index (κ3) is 3.28. The zero-order chi connectivity index (χ0) is 19.7. The van der Waals surface area contributed by atoms with E-state index in [0.717, 1.165) is 42.9 Å². The smallest absolute Gasteiger partial charge is 0.269 e. The molecule has 0 atom stereocenters. The summed E-state index contributed by atoms with van der Waals surface area (Å²) in [5.41, 5.74) is 1.59. The van der Waals surface area contributed by atoms with Gasteiger partial charge in [0.25, 0.3) is 5.69 Å². The molecular formula is C21H23N3O4. The lowest BCUT2D eigenvalue weighted by molar-refractivity contribution is -0.384. The average Bonchev–Trinajstić information content (AvgIpc) is 3.55. The van der Waals surface area contributed by atoms with Crippen molar-refractivity contribution in [3.05, 3.63) is 64.2 Å². The van der Waals surface area contributed by atoms with Gasteiger partial charge < -0.3 is 14.5 Å². The first-order valence-corrected chi connectivity index (χ1v) is 9.47. The van der Waals surface area contributed by atoms with E-state index in [4.69, 9.17) is 4.74 Å². The SMILES string of the molecule is COc1ccc(N2CCN(C(=O)C3(c4ccc([N+](=O)[O-])cc4)CC3)CC2)cc1. The first kappa shape index (κ1) is 18.3. The Morgan fingerprint density at radius 2 is 1.61 bits per heavy atom. The Bertz CT molecular complexity index is 868. The Labute approximate surface area is 163 Å². The third-order valence-electron chi connectivity index (χ3n) is 5.79. The number of nitro groups is 1. The van der Waals surface area contributed by atoms with Crippen LogP contribution < -0.4 is 9.64 Å². The fourth-order valence-electron chi connectivity index (χ4n) is 3.92. The predicted octanol–water partition coefficient (Wildman–Crippen LogP) is 2.98. The van der Waals surface area contributed by atoms with Gasteiger partial charge in [0.15, 0.2) is 0 Å². The summed E-state index contributed by atoms with van der Waals surface area (Å²) in [5, 5.41) is 10.9. The lowest BCUT2D eigenvalue weighted by Gasteiger charge is -2.38. The van der Waals surface area contributed by atoms with Gasteiger partial charge in [-0.15, -0.1) is 0 Å². The highest BCUT2D eigenvalue weighted by Gasteiger charge is 2.53. The zero-order valence-corrected chi connectivity index (χ0v) is 15.8. The predicted molar refractivity (Wildman–Crippen MR) is 106 cm³/mol. The molecule has 2 aromatic rings. The van der Waals surface area contributed by atoms with Crippen LogP contribution in [0, 0.1) is 10.1 Å². The maximum atomic E-state index is 13.2. The van der Waals surface area contributed by atoms with Crippen LogP contribution in [-0.4, -0.2) is 49.0 Å². The Morgan fingerprint density at radius 1 is 1.00 bits per heavy atom. The van der Waals surface area contributed by atoms with E-state index in [9.17, 15) is 14.9 Å². The van der Waals surface area contributed by atoms with Crippen molar-refractivity contribution in [2.24, 2.45) is 0 Å². The minimum Gasteiger partial charge on any atom is -0.497 e. The van der Waals surface area contributed by atoms with Crippen LogP contribution in [-0.2, 0) is 10.2 Å². The van der Waals surface area contributed by atoms with Crippen molar-refractivity contribution in [1.82, 2.24) is 4.90 Å². The number of hydrogen-bond donors (Lipinski definition) is 0. The molecule has 7 heteroatoms. The molecule has 1 saturated heterocycles. The molecule has 7 nitrogen and oxygen atoms in total. The zero-order valence-electron chi connectivity index (χ0n) is 15.8. The van der Waals surface area contributed by atoms with E-state index in [0.29, 0.717) is 13.1 Å². The number of ether oxygens (including phenoxy) is 1. The van der Waals surface area contributed by atoms with E-state index in [1.54, 1.807) is 19.2 Å². The van der Waals surface area contributed by atoms with Gasteiger partial charge in [-0.05, 0) is 42.7 Å². The van der Waals surface area contributed by atoms with Crippen molar-refractivity contribution in [3.8, 4) is 5.75 Å². The molecule has 0 aromatic heterocycles. The summed E-state index contributed by atoms with van der Waals surface area (Å²) in [6, 6.07) is 14.4. The van der Waals surface area contributed by atoms with Crippen molar-refractivity contribution in [2.75, 3.05) is 38.2 Å². The van der Waals surface area contributed by atoms with Gasteiger partial charge in [-0.3, -0.25) is 14.9 Å². The molecule has 0 spiro atoms. The van der Waals surface area contributed by atoms with E-state index < -0.39 is 10.3 Å². The molecular weight excluding hydrogens is 358 g/mol. The lowest BCUT2D eigenvalue weighted by atomic mass is 9.93. The van der Waals surface area contributed by atoms with Crippen LogP contribution in [0.3, 0.4) is 0 Å². The summed E-state index contributed by atoms with van der Waals surface area (Å²) in [5.74, 6) is 0.979. The van der Waals surface area contributed by atoms with Crippen molar-refractivity contribution in [1.29, 1.82) is 0 Å². The summed E-state index contributed by atoms with van der Waals surface area (Å²) in [6.45, 7) is 2.93. The molecule has 1 aliphatic carbocycles. The topological polar surface area (TPSA) is 75.9 Å². The monoisotopic (exact) mass is 381 g/mol. The van der Waals surface area contributed by atoms with Crippen LogP contribution in [0.15, 0.2) is 48.5 Å². The molecule has 1 heterocycles. The standard InChI is InChI=1S/C21H23N3O4/c1-28-19-8-6-17(7-9-19)22-12-14-23(15-13-22)20(25)21(10-11-21)16-2-4-18(5-3-16)24(26)27/h2-9H,10-15H2,1H3. The molecule has 1 saturated carbocycles. The van der Waals surface area contributed by atoms with Crippen LogP contribution in [0.5, 0.6) is 5.75 Å². The first-order valence-electron chi connectivity index (χ1n) is 9.47. The Morgan fingerprint density at radius 3 is 2.11 bits per heavy atom. The summed E-state index contributed by atoms with van der Waals surface area (Å²) in [6.07, 6.45) is 1.62. The number of carbonyl (C=O) groups excluding carboxylic acids is 1. The molecule has 0 N–H and O–H groups in total. The molecule has 2 aromatic carbocycles. The van der Waals surface area contributed by atoms with Gasteiger partial charge in [0, 0.05) is 44.0 Å². The number of non-ortho nitro benzene ring substituents is 1. The van der Waals surface area contributed by atoms with Crippen molar-refractivity contribution >= 4 is 17.3 Å². The van der Waals surface area contributed by atoms with Crippen molar-refractivity contribution in [2.45, 2.75) is 18.3 Å². The highest BCUT2D eigenvalue weighted by Crippen LogP contribution is 2.50. The molecule has 146 valence electrons. The number of rotatable bonds is 5. The average molecular weight is 381 g/mol. The Kier molecular flexibility index (Phi) is 4.66. The van der Waals surface area contributed by atoms with Crippen LogP contribution in [0.1, 0.15) is 18.4 Å². The summed E-state index contributed by atoms with van der Waals surface area (Å²) < 4.78 is 5.20. The van der Waals surface area contributed by atoms with Crippen LogP contribution in [0.2, 0.25) is 0 Å². The number of benzene rings is 2. The second kappa shape index (κ2) is 7.14. The second-order valence-corrected chi connectivity index (χ2v) is 7.36. The summed E-state index contributed by atoms with van der Waals surface area (Å²) in [7, 11) is 1.65. The van der Waals surface area contributed by atoms with Crippen LogP contribution in [0.4, 0.5) is 11.4 Å². The molecule has 0 bridgehead atoms. The van der Waals surface area contributed by atoms with Crippen molar-refractivity contribution in [3.63, 3.8) is 0 Å². The number of nitro benzene ring substituents is 1. The van der Waals surface area contributed by atoms with E-state index >= 15 is 0 Å². The van der Waals surface area contributed by atoms with Crippen LogP contribution in [0.25, 0.3) is 0 Å². The second-order valence-electron chi connectivity index (χ2n) is 7.36. The van der Waals surface area contributed by atoms with Gasteiger partial charge in [0.2, 0.25) is 5.91 Å². The number of anilines is 1. The van der Waals surface area contributed by atoms with Gasteiger partial charge in [-0.1, -0.05) is 12.1 Å².